The molecule has 0 aliphatic carbocycles. The average Bonchev–Trinajstić information content (AvgIpc) is 2.83. The molecular weight excluding hydrogens is 497 g/mol. The van der Waals surface area contributed by atoms with Crippen LogP contribution >= 0.6 is 11.6 Å². The van der Waals surface area contributed by atoms with Gasteiger partial charge >= 0.3 is 12.1 Å². The molecule has 2 aromatic carbocycles. The molecule has 0 atom stereocenters. The molecule has 2 saturated heterocycles. The number of carbonyl (C=O) groups excluding carboxylic acids is 1. The van der Waals surface area contributed by atoms with Crippen LogP contribution < -0.4 is 4.74 Å². The molecule has 2 heterocycles. The van der Waals surface area contributed by atoms with Crippen molar-refractivity contribution in [3.05, 3.63) is 77.3 Å². The first-order valence-electron chi connectivity index (χ1n) is 11.4. The van der Waals surface area contributed by atoms with Crippen molar-refractivity contribution in [2.75, 3.05) is 32.8 Å². The summed E-state index contributed by atoms with van der Waals surface area (Å²) >= 11 is 5.93. The number of carboxylic acids is 1. The topological polar surface area (TPSA) is 70.1 Å². The van der Waals surface area contributed by atoms with E-state index in [1.165, 1.54) is 5.56 Å². The average molecular weight is 525 g/mol. The highest BCUT2D eigenvalue weighted by Gasteiger charge is 2.45. The first kappa shape index (κ1) is 27.5. The maximum Gasteiger partial charge on any atom is 0.490 e. The summed E-state index contributed by atoms with van der Waals surface area (Å²) < 4.78 is 37.5. The van der Waals surface area contributed by atoms with Crippen LogP contribution in [-0.4, -0.2) is 65.7 Å². The Morgan fingerprint density at radius 3 is 2.22 bits per heavy atom. The van der Waals surface area contributed by atoms with Gasteiger partial charge in [-0.25, -0.2) is 4.79 Å². The third kappa shape index (κ3) is 7.24. The van der Waals surface area contributed by atoms with Gasteiger partial charge in [-0.05, 0) is 48.6 Å². The highest BCUT2D eigenvalue weighted by atomic mass is 35.5. The SMILES string of the molecule is C=CCOc1ccccc1CN1CC2(CCN(C(=O)c3ccc(Cl)cc3)CC2)C1.O=C(O)C(F)(F)F. The van der Waals surface area contributed by atoms with Gasteiger partial charge in [0.05, 0.1) is 0 Å². The Morgan fingerprint density at radius 2 is 1.67 bits per heavy atom. The van der Waals surface area contributed by atoms with Gasteiger partial charge in [-0.15, -0.1) is 0 Å². The van der Waals surface area contributed by atoms with E-state index in [-0.39, 0.29) is 5.91 Å². The molecule has 1 N–H and O–H groups in total. The number of halogens is 4. The van der Waals surface area contributed by atoms with Gasteiger partial charge in [0, 0.05) is 48.9 Å². The van der Waals surface area contributed by atoms with E-state index in [0.29, 0.717) is 17.0 Å². The molecule has 2 fully saturated rings. The smallest absolute Gasteiger partial charge is 0.489 e. The maximum absolute atomic E-state index is 12.7. The van der Waals surface area contributed by atoms with E-state index in [2.05, 4.69) is 23.6 Å². The molecule has 2 aliphatic rings. The van der Waals surface area contributed by atoms with Gasteiger partial charge in [-0.2, -0.15) is 13.2 Å². The number of aliphatic carboxylic acids is 1. The molecule has 194 valence electrons. The predicted molar refractivity (Wildman–Crippen MR) is 130 cm³/mol. The molecule has 1 amide bonds. The number of nitrogens with zero attached hydrogens (tertiary/aromatic N) is 2. The Morgan fingerprint density at radius 1 is 1.08 bits per heavy atom. The van der Waals surface area contributed by atoms with E-state index in [1.807, 2.05) is 29.2 Å². The Balaban J connectivity index is 0.000000454. The first-order chi connectivity index (χ1) is 17.0. The van der Waals surface area contributed by atoms with E-state index < -0.39 is 12.1 Å². The Bertz CT molecular complexity index is 1060. The molecule has 0 saturated carbocycles. The van der Waals surface area contributed by atoms with Crippen LogP contribution in [0.5, 0.6) is 5.75 Å². The van der Waals surface area contributed by atoms with Crippen molar-refractivity contribution in [1.29, 1.82) is 0 Å². The van der Waals surface area contributed by atoms with Gasteiger partial charge in [-0.1, -0.05) is 42.5 Å². The van der Waals surface area contributed by atoms with Crippen LogP contribution in [0.2, 0.25) is 5.02 Å². The summed E-state index contributed by atoms with van der Waals surface area (Å²) in [7, 11) is 0. The van der Waals surface area contributed by atoms with Gasteiger partial charge in [0.2, 0.25) is 0 Å². The number of benzene rings is 2. The third-order valence-electron chi connectivity index (χ3n) is 6.29. The number of likely N-dealkylation sites (tertiary alicyclic amines) is 2. The minimum Gasteiger partial charge on any atom is -0.489 e. The lowest BCUT2D eigenvalue weighted by molar-refractivity contribution is -0.192. The van der Waals surface area contributed by atoms with E-state index in [4.69, 9.17) is 26.2 Å². The van der Waals surface area contributed by atoms with E-state index in [1.54, 1.807) is 18.2 Å². The summed E-state index contributed by atoms with van der Waals surface area (Å²) in [5.74, 6) is -1.70. The molecular formula is C26H28ClF3N2O4. The van der Waals surface area contributed by atoms with Crippen LogP contribution in [0.25, 0.3) is 0 Å². The van der Waals surface area contributed by atoms with Gasteiger partial charge in [0.25, 0.3) is 5.91 Å². The Kier molecular flexibility index (Phi) is 9.03. The highest BCUT2D eigenvalue weighted by molar-refractivity contribution is 6.30. The fraction of sp³-hybridized carbons (Fsp3) is 0.385. The van der Waals surface area contributed by atoms with Gasteiger partial charge < -0.3 is 14.7 Å². The van der Waals surface area contributed by atoms with Crippen molar-refractivity contribution in [3.8, 4) is 5.75 Å². The lowest BCUT2D eigenvalue weighted by atomic mass is 9.72. The van der Waals surface area contributed by atoms with E-state index >= 15 is 0 Å². The van der Waals surface area contributed by atoms with Gasteiger partial charge in [-0.3, -0.25) is 9.69 Å². The zero-order valence-corrected chi connectivity index (χ0v) is 20.4. The lowest BCUT2D eigenvalue weighted by Crippen LogP contribution is -2.60. The van der Waals surface area contributed by atoms with Crippen LogP contribution in [0.1, 0.15) is 28.8 Å². The van der Waals surface area contributed by atoms with Gasteiger partial charge in [0.15, 0.2) is 0 Å². The number of ether oxygens (including phenoxy) is 1. The number of alkyl halides is 3. The van der Waals surface area contributed by atoms with Crippen molar-refractivity contribution in [3.63, 3.8) is 0 Å². The molecule has 0 radical (unpaired) electrons. The van der Waals surface area contributed by atoms with Crippen molar-refractivity contribution in [2.24, 2.45) is 5.41 Å². The minimum absolute atomic E-state index is 0.112. The largest absolute Gasteiger partial charge is 0.490 e. The maximum atomic E-state index is 12.7. The summed E-state index contributed by atoms with van der Waals surface area (Å²) in [6, 6.07) is 15.4. The normalized spacial score (nSPS) is 16.9. The molecule has 0 unspecified atom stereocenters. The fourth-order valence-corrected chi connectivity index (χ4v) is 4.58. The summed E-state index contributed by atoms with van der Waals surface area (Å²) in [6.07, 6.45) is -1.18. The number of hydrogen-bond donors (Lipinski definition) is 1. The molecule has 1 spiro atoms. The minimum atomic E-state index is -5.08. The van der Waals surface area contributed by atoms with Crippen LogP contribution in [0.3, 0.4) is 0 Å². The first-order valence-corrected chi connectivity index (χ1v) is 11.8. The zero-order valence-electron chi connectivity index (χ0n) is 19.6. The van der Waals surface area contributed by atoms with Crippen LogP contribution in [0.15, 0.2) is 61.2 Å². The molecule has 36 heavy (non-hydrogen) atoms. The van der Waals surface area contributed by atoms with Crippen LogP contribution in [0.4, 0.5) is 13.2 Å². The standard InChI is InChI=1S/C24H27ClN2O2.C2HF3O2/c1-2-15-29-22-6-4-3-5-20(22)16-26-17-24(18-26)11-13-27(14-12-24)23(28)19-7-9-21(25)10-8-19;3-2(4,5)1(6)7/h2-10H,1,11-18H2;(H,6,7). The predicted octanol–water partition coefficient (Wildman–Crippen LogP) is 5.28. The number of rotatable bonds is 6. The van der Waals surface area contributed by atoms with Crippen LogP contribution in [0, 0.1) is 5.41 Å². The molecule has 2 aliphatic heterocycles. The number of piperidine rings is 1. The summed E-state index contributed by atoms with van der Waals surface area (Å²) in [5.41, 5.74) is 2.30. The number of amides is 1. The third-order valence-corrected chi connectivity index (χ3v) is 6.54. The highest BCUT2D eigenvalue weighted by Crippen LogP contribution is 2.41. The fourth-order valence-electron chi connectivity index (χ4n) is 4.45. The lowest BCUT2D eigenvalue weighted by Gasteiger charge is -2.54. The number of hydrogen-bond acceptors (Lipinski definition) is 4. The van der Waals surface area contributed by atoms with Crippen LogP contribution in [-0.2, 0) is 11.3 Å². The molecule has 4 rings (SSSR count). The zero-order chi connectivity index (χ0) is 26.3. The molecule has 0 bridgehead atoms. The Labute approximate surface area is 212 Å². The van der Waals surface area contributed by atoms with Gasteiger partial charge in [0.1, 0.15) is 12.4 Å². The van der Waals surface area contributed by atoms with Crippen molar-refractivity contribution < 1.29 is 32.6 Å². The number of para-hydroxylation sites is 1. The van der Waals surface area contributed by atoms with Crippen molar-refractivity contribution in [1.82, 2.24) is 9.80 Å². The second-order valence-electron chi connectivity index (χ2n) is 8.95. The number of carbonyl (C=O) groups is 2. The second kappa shape index (κ2) is 11.8. The Hall–Kier alpha value is -3.04. The summed E-state index contributed by atoms with van der Waals surface area (Å²) in [6.45, 7) is 8.99. The van der Waals surface area contributed by atoms with Crippen molar-refractivity contribution >= 4 is 23.5 Å². The van der Waals surface area contributed by atoms with E-state index in [9.17, 15) is 18.0 Å². The molecule has 2 aromatic rings. The second-order valence-corrected chi connectivity index (χ2v) is 9.39. The summed E-state index contributed by atoms with van der Waals surface area (Å²) in [4.78, 5) is 26.1. The molecule has 10 heteroatoms. The summed E-state index contributed by atoms with van der Waals surface area (Å²) in [5, 5.41) is 7.78. The van der Waals surface area contributed by atoms with Crippen molar-refractivity contribution in [2.45, 2.75) is 25.6 Å². The number of carboxylic acid groups (broad SMARTS) is 1. The molecule has 0 aromatic heterocycles. The van der Waals surface area contributed by atoms with E-state index in [0.717, 1.165) is 56.9 Å². The quantitative estimate of drug-likeness (QED) is 0.521. The monoisotopic (exact) mass is 524 g/mol. The molecule has 6 nitrogen and oxygen atoms in total.